The Hall–Kier alpha value is -1.66. The summed E-state index contributed by atoms with van der Waals surface area (Å²) in [6, 6.07) is 3.08. The van der Waals surface area contributed by atoms with Gasteiger partial charge in [0, 0.05) is 26.5 Å². The minimum absolute atomic E-state index is 0.274. The third-order valence-electron chi connectivity index (χ3n) is 1.99. The summed E-state index contributed by atoms with van der Waals surface area (Å²) < 4.78 is 4.82. The number of carbonyl (C=O) groups is 2. The Morgan fingerprint density at radius 1 is 1.39 bits per heavy atom. The Kier molecular flexibility index (Phi) is 6.10. The Morgan fingerprint density at radius 3 is 2.78 bits per heavy atom. The fraction of sp³-hybridized carbons (Fsp3) is 0.364. The minimum Gasteiger partial charge on any atom is -0.385 e. The van der Waals surface area contributed by atoms with Crippen LogP contribution < -0.4 is 10.6 Å². The number of hydrogen-bond acceptors (Lipinski definition) is 4. The van der Waals surface area contributed by atoms with Gasteiger partial charge in [0.1, 0.15) is 5.82 Å². The van der Waals surface area contributed by atoms with Gasteiger partial charge >= 0.3 is 11.8 Å². The van der Waals surface area contributed by atoms with Crippen LogP contribution in [0, 0.1) is 0 Å². The van der Waals surface area contributed by atoms with Gasteiger partial charge in [0.15, 0.2) is 0 Å². The first-order valence-corrected chi connectivity index (χ1v) is 5.71. The molecule has 0 radical (unpaired) electrons. The summed E-state index contributed by atoms with van der Waals surface area (Å²) in [5.74, 6) is -1.19. The lowest BCUT2D eigenvalue weighted by Crippen LogP contribution is -2.36. The zero-order valence-electron chi connectivity index (χ0n) is 9.90. The normalized spacial score (nSPS) is 9.89. The van der Waals surface area contributed by atoms with Crippen molar-refractivity contribution in [1.82, 2.24) is 10.3 Å². The summed E-state index contributed by atoms with van der Waals surface area (Å²) in [6.45, 7) is 0.911. The highest BCUT2D eigenvalue weighted by molar-refractivity contribution is 6.39. The highest BCUT2D eigenvalue weighted by Crippen LogP contribution is 2.09. The lowest BCUT2D eigenvalue weighted by Gasteiger charge is -2.05. The van der Waals surface area contributed by atoms with Gasteiger partial charge in [-0.2, -0.15) is 0 Å². The molecule has 7 heteroatoms. The molecule has 0 spiro atoms. The van der Waals surface area contributed by atoms with Crippen LogP contribution in [-0.2, 0) is 14.3 Å². The quantitative estimate of drug-likeness (QED) is 0.614. The first-order chi connectivity index (χ1) is 8.63. The Labute approximate surface area is 110 Å². The zero-order valence-corrected chi connectivity index (χ0v) is 10.7. The molecule has 98 valence electrons. The number of hydrogen-bond donors (Lipinski definition) is 2. The van der Waals surface area contributed by atoms with Crippen molar-refractivity contribution in [3.8, 4) is 0 Å². The van der Waals surface area contributed by atoms with Crippen LogP contribution in [0.5, 0.6) is 0 Å². The summed E-state index contributed by atoms with van der Waals surface area (Å²) in [5, 5.41) is 5.28. The van der Waals surface area contributed by atoms with Gasteiger partial charge in [-0.15, -0.1) is 0 Å². The molecule has 2 N–H and O–H groups in total. The fourth-order valence-corrected chi connectivity index (χ4v) is 1.23. The number of pyridine rings is 1. The third kappa shape index (κ3) is 5.11. The number of halogens is 1. The molecule has 0 saturated heterocycles. The minimum atomic E-state index is -0.762. The van der Waals surface area contributed by atoms with Gasteiger partial charge in [-0.25, -0.2) is 4.98 Å². The molecule has 6 nitrogen and oxygen atoms in total. The Morgan fingerprint density at radius 2 is 2.17 bits per heavy atom. The van der Waals surface area contributed by atoms with Crippen LogP contribution in [0.15, 0.2) is 18.3 Å². The molecular weight excluding hydrogens is 258 g/mol. The topological polar surface area (TPSA) is 80.3 Å². The van der Waals surface area contributed by atoms with Gasteiger partial charge in [-0.3, -0.25) is 9.59 Å². The monoisotopic (exact) mass is 271 g/mol. The zero-order chi connectivity index (χ0) is 13.4. The Bertz CT molecular complexity index is 408. The van der Waals surface area contributed by atoms with Gasteiger partial charge in [0.2, 0.25) is 0 Å². The molecule has 18 heavy (non-hydrogen) atoms. The Balaban J connectivity index is 2.35. The number of anilines is 1. The predicted octanol–water partition coefficient (Wildman–Crippen LogP) is 0.826. The molecule has 1 aromatic rings. The van der Waals surface area contributed by atoms with Crippen LogP contribution >= 0.6 is 11.6 Å². The van der Waals surface area contributed by atoms with E-state index >= 15 is 0 Å². The standard InChI is InChI=1S/C11H14ClN3O3/c1-18-6-2-5-13-10(16)11(17)15-9-4-3-8(12)7-14-9/h3-4,7H,2,5-6H2,1H3,(H,13,16)(H,14,15,17). The second kappa shape index (κ2) is 7.62. The van der Waals surface area contributed by atoms with Crippen LogP contribution in [0.4, 0.5) is 5.82 Å². The van der Waals surface area contributed by atoms with E-state index in [1.54, 1.807) is 13.2 Å². The van der Waals surface area contributed by atoms with Gasteiger partial charge < -0.3 is 15.4 Å². The lowest BCUT2D eigenvalue weighted by molar-refractivity contribution is -0.136. The largest absolute Gasteiger partial charge is 0.385 e. The number of amides is 2. The van der Waals surface area contributed by atoms with E-state index in [2.05, 4.69) is 15.6 Å². The van der Waals surface area contributed by atoms with E-state index < -0.39 is 11.8 Å². The molecule has 2 amide bonds. The molecule has 0 bridgehead atoms. The van der Waals surface area contributed by atoms with E-state index in [1.165, 1.54) is 12.3 Å². The molecule has 0 unspecified atom stereocenters. The second-order valence-electron chi connectivity index (χ2n) is 3.42. The SMILES string of the molecule is COCCCNC(=O)C(=O)Nc1ccc(Cl)cn1. The van der Waals surface area contributed by atoms with Crippen molar-refractivity contribution in [3.63, 3.8) is 0 Å². The van der Waals surface area contributed by atoms with E-state index in [9.17, 15) is 9.59 Å². The predicted molar refractivity (Wildman–Crippen MR) is 67.4 cm³/mol. The number of nitrogens with zero attached hydrogens (tertiary/aromatic N) is 1. The van der Waals surface area contributed by atoms with E-state index in [4.69, 9.17) is 16.3 Å². The van der Waals surface area contributed by atoms with E-state index in [1.807, 2.05) is 0 Å². The number of aromatic nitrogens is 1. The summed E-state index contributed by atoms with van der Waals surface area (Å²) in [4.78, 5) is 26.6. The summed E-state index contributed by atoms with van der Waals surface area (Å²) >= 11 is 5.64. The summed E-state index contributed by atoms with van der Waals surface area (Å²) in [5.41, 5.74) is 0. The van der Waals surface area contributed by atoms with Crippen molar-refractivity contribution in [1.29, 1.82) is 0 Å². The number of nitrogens with one attached hydrogen (secondary N) is 2. The van der Waals surface area contributed by atoms with E-state index in [-0.39, 0.29) is 5.82 Å². The van der Waals surface area contributed by atoms with Crippen molar-refractivity contribution in [2.75, 3.05) is 25.6 Å². The van der Waals surface area contributed by atoms with Crippen molar-refractivity contribution < 1.29 is 14.3 Å². The average molecular weight is 272 g/mol. The van der Waals surface area contributed by atoms with Gasteiger partial charge in [-0.1, -0.05) is 11.6 Å². The summed E-state index contributed by atoms with van der Waals surface area (Å²) in [7, 11) is 1.57. The van der Waals surface area contributed by atoms with Crippen molar-refractivity contribution in [3.05, 3.63) is 23.4 Å². The molecule has 1 rings (SSSR count). The van der Waals surface area contributed by atoms with Crippen LogP contribution in [0.2, 0.25) is 5.02 Å². The van der Waals surface area contributed by atoms with Crippen LogP contribution in [0.25, 0.3) is 0 Å². The van der Waals surface area contributed by atoms with Gasteiger partial charge in [0.25, 0.3) is 0 Å². The molecule has 0 saturated carbocycles. The highest BCUT2D eigenvalue weighted by atomic mass is 35.5. The van der Waals surface area contributed by atoms with Crippen LogP contribution in [-0.4, -0.2) is 37.1 Å². The molecule has 0 aliphatic rings. The first kappa shape index (κ1) is 14.4. The molecule has 0 aromatic carbocycles. The molecule has 0 atom stereocenters. The van der Waals surface area contributed by atoms with Crippen LogP contribution in [0.1, 0.15) is 6.42 Å². The number of methoxy groups -OCH3 is 1. The molecular formula is C11H14ClN3O3. The first-order valence-electron chi connectivity index (χ1n) is 5.33. The number of carbonyl (C=O) groups excluding carboxylic acids is 2. The van der Waals surface area contributed by atoms with E-state index in [0.717, 1.165) is 0 Å². The molecule has 1 heterocycles. The lowest BCUT2D eigenvalue weighted by atomic mass is 10.4. The summed E-state index contributed by atoms with van der Waals surface area (Å²) in [6.07, 6.45) is 2.03. The maximum absolute atomic E-state index is 11.4. The van der Waals surface area contributed by atoms with E-state index in [0.29, 0.717) is 24.6 Å². The van der Waals surface area contributed by atoms with Crippen molar-refractivity contribution in [2.24, 2.45) is 0 Å². The molecule has 0 aliphatic carbocycles. The average Bonchev–Trinajstić information content (AvgIpc) is 2.37. The van der Waals surface area contributed by atoms with Crippen molar-refractivity contribution >= 4 is 29.2 Å². The van der Waals surface area contributed by atoms with Gasteiger partial charge in [0.05, 0.1) is 5.02 Å². The van der Waals surface area contributed by atoms with Crippen LogP contribution in [0.3, 0.4) is 0 Å². The third-order valence-corrected chi connectivity index (χ3v) is 2.21. The number of ether oxygens (including phenoxy) is 1. The fourth-order valence-electron chi connectivity index (χ4n) is 1.12. The maximum Gasteiger partial charge on any atom is 0.314 e. The maximum atomic E-state index is 11.4. The highest BCUT2D eigenvalue weighted by Gasteiger charge is 2.13. The smallest absolute Gasteiger partial charge is 0.314 e. The molecule has 0 fully saturated rings. The molecule has 1 aromatic heterocycles. The molecule has 0 aliphatic heterocycles. The number of rotatable bonds is 5. The van der Waals surface area contributed by atoms with Crippen molar-refractivity contribution in [2.45, 2.75) is 6.42 Å². The second-order valence-corrected chi connectivity index (χ2v) is 3.85. The van der Waals surface area contributed by atoms with Gasteiger partial charge in [-0.05, 0) is 18.6 Å².